The minimum absolute atomic E-state index is 0.279. The Hall–Kier alpha value is -0.380. The van der Waals surface area contributed by atoms with Gasteiger partial charge in [-0.05, 0) is 58.7 Å². The Bertz CT molecular complexity index is 418. The molecule has 0 amide bonds. The molecular weight excluding hydrogens is 252 g/mol. The average molecular weight is 280 g/mol. The highest BCUT2D eigenvalue weighted by Gasteiger charge is 2.23. The van der Waals surface area contributed by atoms with E-state index in [1.807, 2.05) is 11.3 Å². The van der Waals surface area contributed by atoms with Gasteiger partial charge < -0.3 is 5.32 Å². The smallest absolute Gasteiger partial charge is 0.0302 e. The molecule has 1 aliphatic carbocycles. The number of thiophene rings is 1. The predicted octanol–water partition coefficient (Wildman–Crippen LogP) is 3.93. The van der Waals surface area contributed by atoms with E-state index in [0.717, 1.165) is 19.1 Å². The molecule has 0 bridgehead atoms. The maximum atomic E-state index is 3.60. The Morgan fingerprint density at radius 3 is 2.68 bits per heavy atom. The second-order valence-electron chi connectivity index (χ2n) is 6.47. The van der Waals surface area contributed by atoms with Crippen LogP contribution in [0.25, 0.3) is 0 Å². The van der Waals surface area contributed by atoms with Crippen molar-refractivity contribution >= 4 is 11.3 Å². The molecule has 1 aliphatic rings. The van der Waals surface area contributed by atoms with Crippen LogP contribution in [0.1, 0.15) is 55.4 Å². The summed E-state index contributed by atoms with van der Waals surface area (Å²) in [6.07, 6.45) is 3.91. The van der Waals surface area contributed by atoms with Crippen LogP contribution in [0, 0.1) is 6.92 Å². The minimum atomic E-state index is 0.279. The third-order valence-electron chi connectivity index (χ3n) is 4.52. The molecule has 19 heavy (non-hydrogen) atoms. The third-order valence-corrected chi connectivity index (χ3v) is 5.61. The fourth-order valence-electron chi connectivity index (χ4n) is 2.10. The lowest BCUT2D eigenvalue weighted by atomic mass is 9.99. The molecule has 1 N–H and O–H groups in total. The van der Waals surface area contributed by atoms with Crippen molar-refractivity contribution in [2.75, 3.05) is 7.05 Å². The minimum Gasteiger partial charge on any atom is -0.309 e. The molecule has 1 heterocycles. The summed E-state index contributed by atoms with van der Waals surface area (Å²) in [4.78, 5) is 5.44. The van der Waals surface area contributed by atoms with Crippen LogP contribution in [0.5, 0.6) is 0 Å². The standard InChI is InChI=1S/C16H28N2S/c1-6-16(3,4)18(5)11-13-9-15(19-12(13)2)10-17-14-7-8-14/h9,14,17H,6-8,10-11H2,1-5H3. The van der Waals surface area contributed by atoms with Crippen LogP contribution in [0.4, 0.5) is 0 Å². The van der Waals surface area contributed by atoms with E-state index in [1.165, 1.54) is 34.6 Å². The van der Waals surface area contributed by atoms with Crippen molar-refractivity contribution in [2.45, 2.75) is 71.6 Å². The van der Waals surface area contributed by atoms with Crippen LogP contribution in [0.2, 0.25) is 0 Å². The molecule has 0 unspecified atom stereocenters. The normalized spacial score (nSPS) is 16.3. The van der Waals surface area contributed by atoms with E-state index < -0.39 is 0 Å². The van der Waals surface area contributed by atoms with Gasteiger partial charge in [0, 0.05) is 34.4 Å². The predicted molar refractivity (Wildman–Crippen MR) is 84.8 cm³/mol. The van der Waals surface area contributed by atoms with Crippen LogP contribution in [0.3, 0.4) is 0 Å². The summed E-state index contributed by atoms with van der Waals surface area (Å²) in [5.74, 6) is 0. The number of hydrogen-bond donors (Lipinski definition) is 1. The van der Waals surface area contributed by atoms with Gasteiger partial charge in [-0.3, -0.25) is 4.90 Å². The highest BCUT2D eigenvalue weighted by Crippen LogP contribution is 2.27. The third kappa shape index (κ3) is 4.04. The summed E-state index contributed by atoms with van der Waals surface area (Å²) in [5, 5.41) is 3.60. The molecule has 0 aromatic carbocycles. The molecule has 1 saturated carbocycles. The Kier molecular flexibility index (Phi) is 4.70. The molecule has 1 aromatic rings. The first-order chi connectivity index (χ1) is 8.92. The van der Waals surface area contributed by atoms with E-state index in [0.29, 0.717) is 0 Å². The summed E-state index contributed by atoms with van der Waals surface area (Å²) >= 11 is 1.96. The van der Waals surface area contributed by atoms with Crippen LogP contribution in [0.15, 0.2) is 6.07 Å². The van der Waals surface area contributed by atoms with Gasteiger partial charge in [0.1, 0.15) is 0 Å². The van der Waals surface area contributed by atoms with Crippen molar-refractivity contribution in [3.63, 3.8) is 0 Å². The van der Waals surface area contributed by atoms with E-state index in [-0.39, 0.29) is 5.54 Å². The molecular formula is C16H28N2S. The SMILES string of the molecule is CCC(C)(C)N(C)Cc1cc(CNC2CC2)sc1C. The van der Waals surface area contributed by atoms with Crippen molar-refractivity contribution in [3.8, 4) is 0 Å². The van der Waals surface area contributed by atoms with Crippen molar-refractivity contribution in [2.24, 2.45) is 0 Å². The molecule has 3 heteroatoms. The summed E-state index contributed by atoms with van der Waals surface area (Å²) in [5.41, 5.74) is 1.78. The van der Waals surface area contributed by atoms with Gasteiger partial charge in [-0.2, -0.15) is 0 Å². The maximum Gasteiger partial charge on any atom is 0.0302 e. The topological polar surface area (TPSA) is 15.3 Å². The van der Waals surface area contributed by atoms with Gasteiger partial charge >= 0.3 is 0 Å². The van der Waals surface area contributed by atoms with Gasteiger partial charge in [-0.1, -0.05) is 6.92 Å². The van der Waals surface area contributed by atoms with Crippen molar-refractivity contribution in [1.29, 1.82) is 0 Å². The van der Waals surface area contributed by atoms with Crippen molar-refractivity contribution in [1.82, 2.24) is 10.2 Å². The quantitative estimate of drug-likeness (QED) is 0.814. The molecule has 1 fully saturated rings. The lowest BCUT2D eigenvalue weighted by molar-refractivity contribution is 0.143. The summed E-state index contributed by atoms with van der Waals surface area (Å²) in [7, 11) is 2.24. The van der Waals surface area contributed by atoms with Gasteiger partial charge in [-0.15, -0.1) is 11.3 Å². The zero-order valence-corrected chi connectivity index (χ0v) is 13.9. The molecule has 2 rings (SSSR count). The first kappa shape index (κ1) is 15.0. The summed E-state index contributed by atoms with van der Waals surface area (Å²) < 4.78 is 0. The fourth-order valence-corrected chi connectivity index (χ4v) is 3.11. The summed E-state index contributed by atoms with van der Waals surface area (Å²) in [6.45, 7) is 11.3. The van der Waals surface area contributed by atoms with Crippen LogP contribution >= 0.6 is 11.3 Å². The van der Waals surface area contributed by atoms with Crippen molar-refractivity contribution < 1.29 is 0 Å². The van der Waals surface area contributed by atoms with E-state index >= 15 is 0 Å². The van der Waals surface area contributed by atoms with Crippen molar-refractivity contribution in [3.05, 3.63) is 21.4 Å². The molecule has 0 atom stereocenters. The van der Waals surface area contributed by atoms with Gasteiger partial charge in [0.15, 0.2) is 0 Å². The Balaban J connectivity index is 1.95. The highest BCUT2D eigenvalue weighted by molar-refractivity contribution is 7.12. The largest absolute Gasteiger partial charge is 0.309 e. The fraction of sp³-hybridized carbons (Fsp3) is 0.750. The zero-order chi connectivity index (χ0) is 14.0. The van der Waals surface area contributed by atoms with Crippen LogP contribution in [-0.4, -0.2) is 23.5 Å². The lowest BCUT2D eigenvalue weighted by Gasteiger charge is -2.34. The zero-order valence-electron chi connectivity index (χ0n) is 13.0. The van der Waals surface area contributed by atoms with Gasteiger partial charge in [0.05, 0.1) is 0 Å². The molecule has 0 aliphatic heterocycles. The Labute approximate surface area is 122 Å². The first-order valence-electron chi connectivity index (χ1n) is 7.45. The first-order valence-corrected chi connectivity index (χ1v) is 8.27. The lowest BCUT2D eigenvalue weighted by Crippen LogP contribution is -2.39. The number of rotatable bonds is 7. The molecule has 0 radical (unpaired) electrons. The summed E-state index contributed by atoms with van der Waals surface area (Å²) in [6, 6.07) is 3.20. The van der Waals surface area contributed by atoms with Crippen LogP contribution in [-0.2, 0) is 13.1 Å². The highest BCUT2D eigenvalue weighted by atomic mass is 32.1. The average Bonchev–Trinajstić information content (AvgIpc) is 3.13. The Morgan fingerprint density at radius 2 is 2.11 bits per heavy atom. The van der Waals surface area contributed by atoms with E-state index in [2.05, 4.69) is 51.0 Å². The van der Waals surface area contributed by atoms with Gasteiger partial charge in [0.25, 0.3) is 0 Å². The maximum absolute atomic E-state index is 3.60. The molecule has 2 nitrogen and oxygen atoms in total. The number of aryl methyl sites for hydroxylation is 1. The molecule has 0 saturated heterocycles. The van der Waals surface area contributed by atoms with E-state index in [9.17, 15) is 0 Å². The monoisotopic (exact) mass is 280 g/mol. The second kappa shape index (κ2) is 5.94. The van der Waals surface area contributed by atoms with E-state index in [1.54, 1.807) is 0 Å². The Morgan fingerprint density at radius 1 is 1.42 bits per heavy atom. The number of nitrogens with one attached hydrogen (secondary N) is 1. The van der Waals surface area contributed by atoms with Gasteiger partial charge in [0.2, 0.25) is 0 Å². The van der Waals surface area contributed by atoms with E-state index in [4.69, 9.17) is 0 Å². The number of hydrogen-bond acceptors (Lipinski definition) is 3. The van der Waals surface area contributed by atoms with Crippen LogP contribution < -0.4 is 5.32 Å². The molecule has 1 aromatic heterocycles. The second-order valence-corrected chi connectivity index (χ2v) is 7.81. The molecule has 0 spiro atoms. The number of nitrogens with zero attached hydrogens (tertiary/aromatic N) is 1. The van der Waals surface area contributed by atoms with Gasteiger partial charge in [-0.25, -0.2) is 0 Å². The molecule has 108 valence electrons.